The van der Waals surface area contributed by atoms with Crippen molar-refractivity contribution < 1.29 is 39.0 Å². The fourth-order valence-electron chi connectivity index (χ4n) is 3.59. The van der Waals surface area contributed by atoms with E-state index in [9.17, 15) is 39.0 Å². The summed E-state index contributed by atoms with van der Waals surface area (Å²) in [6.45, 7) is -0.693. The number of para-hydroxylation sites is 1. The lowest BCUT2D eigenvalue weighted by atomic mass is 10.0. The maximum atomic E-state index is 13.2. The van der Waals surface area contributed by atoms with Gasteiger partial charge in [0, 0.05) is 29.9 Å². The van der Waals surface area contributed by atoms with Crippen molar-refractivity contribution >= 4 is 46.4 Å². The number of aliphatic hydroxyl groups excluding tert-OH is 1. The molecule has 15 heteroatoms. The van der Waals surface area contributed by atoms with E-state index in [2.05, 4.69) is 20.9 Å². The van der Waals surface area contributed by atoms with Gasteiger partial charge in [-0.15, -0.1) is 0 Å². The predicted molar refractivity (Wildman–Crippen MR) is 133 cm³/mol. The van der Waals surface area contributed by atoms with Gasteiger partial charge in [0.25, 0.3) is 0 Å². The van der Waals surface area contributed by atoms with Crippen LogP contribution in [0.15, 0.2) is 30.5 Å². The number of fused-ring (bicyclic) bond motifs is 1. The number of carbonyl (C=O) groups is 6. The predicted octanol–water partition coefficient (Wildman–Crippen LogP) is -3.29. The minimum atomic E-state index is -1.61. The van der Waals surface area contributed by atoms with Crippen molar-refractivity contribution in [2.45, 2.75) is 49.9 Å². The molecule has 1 aromatic heterocycles. The van der Waals surface area contributed by atoms with Crippen LogP contribution in [0.4, 0.5) is 0 Å². The molecule has 5 amide bonds. The molecule has 4 unspecified atom stereocenters. The lowest BCUT2D eigenvalue weighted by Gasteiger charge is -2.24. The number of nitrogens with two attached hydrogens (primary N) is 3. The van der Waals surface area contributed by atoms with Gasteiger partial charge >= 0.3 is 5.97 Å². The van der Waals surface area contributed by atoms with Crippen LogP contribution in [-0.4, -0.2) is 81.5 Å². The zero-order valence-corrected chi connectivity index (χ0v) is 20.3. The number of H-pyrrole nitrogens is 1. The van der Waals surface area contributed by atoms with E-state index in [0.717, 1.165) is 10.9 Å². The number of carboxylic acids is 1. The van der Waals surface area contributed by atoms with Gasteiger partial charge in [0.2, 0.25) is 29.5 Å². The average molecular weight is 534 g/mol. The number of primary amides is 2. The molecule has 1 heterocycles. The number of rotatable bonds is 15. The van der Waals surface area contributed by atoms with Gasteiger partial charge in [0.1, 0.15) is 24.2 Å². The highest BCUT2D eigenvalue weighted by Gasteiger charge is 2.31. The Bertz CT molecular complexity index is 1200. The number of aromatic nitrogens is 1. The van der Waals surface area contributed by atoms with Crippen molar-refractivity contribution in [3.63, 3.8) is 0 Å². The van der Waals surface area contributed by atoms with Gasteiger partial charge in [-0.05, 0) is 18.1 Å². The van der Waals surface area contributed by atoms with Crippen molar-refractivity contribution in [2.75, 3.05) is 6.61 Å². The molecule has 12 N–H and O–H groups in total. The first kappa shape index (κ1) is 29.7. The molecule has 0 radical (unpaired) electrons. The zero-order valence-electron chi connectivity index (χ0n) is 20.3. The second-order valence-corrected chi connectivity index (χ2v) is 8.55. The number of carboxylic acid groups (broad SMARTS) is 1. The van der Waals surface area contributed by atoms with Gasteiger partial charge in [-0.2, -0.15) is 0 Å². The van der Waals surface area contributed by atoms with E-state index in [1.807, 2.05) is 0 Å². The van der Waals surface area contributed by atoms with Crippen LogP contribution in [-0.2, 0) is 35.2 Å². The van der Waals surface area contributed by atoms with E-state index >= 15 is 0 Å². The number of benzene rings is 1. The second kappa shape index (κ2) is 13.7. The van der Waals surface area contributed by atoms with Crippen molar-refractivity contribution in [1.82, 2.24) is 20.9 Å². The lowest BCUT2D eigenvalue weighted by Crippen LogP contribution is -2.58. The molecule has 15 nitrogen and oxygen atoms in total. The number of hydrogen-bond acceptors (Lipinski definition) is 8. The summed E-state index contributed by atoms with van der Waals surface area (Å²) in [7, 11) is 0. The SMILES string of the molecule is NC(=O)CCC(NC(=O)C(CC(N)=O)NC(=O)C(Cc1c[nH]c2ccccc12)NC(=O)C(N)CO)C(=O)O. The highest BCUT2D eigenvalue weighted by Crippen LogP contribution is 2.19. The topological polar surface area (TPSA) is 273 Å². The molecule has 0 bridgehead atoms. The Morgan fingerprint density at radius 1 is 0.868 bits per heavy atom. The molecule has 1 aromatic carbocycles. The minimum absolute atomic E-state index is 0.0684. The third kappa shape index (κ3) is 8.56. The Kier molecular flexibility index (Phi) is 10.7. The van der Waals surface area contributed by atoms with Crippen LogP contribution in [0.5, 0.6) is 0 Å². The summed E-state index contributed by atoms with van der Waals surface area (Å²) in [4.78, 5) is 75.6. The number of amides is 5. The molecule has 38 heavy (non-hydrogen) atoms. The fraction of sp³-hybridized carbons (Fsp3) is 0.391. The number of aliphatic carboxylic acids is 1. The Balaban J connectivity index is 2.28. The van der Waals surface area contributed by atoms with E-state index in [1.165, 1.54) is 0 Å². The van der Waals surface area contributed by atoms with Crippen LogP contribution in [0.2, 0.25) is 0 Å². The van der Waals surface area contributed by atoms with E-state index in [-0.39, 0.29) is 19.3 Å². The minimum Gasteiger partial charge on any atom is -0.480 e. The summed E-state index contributed by atoms with van der Waals surface area (Å²) in [6.07, 6.45) is 0.206. The monoisotopic (exact) mass is 533 g/mol. The number of aromatic amines is 1. The van der Waals surface area contributed by atoms with Crippen LogP contribution in [0.25, 0.3) is 10.9 Å². The van der Waals surface area contributed by atoms with E-state index in [4.69, 9.17) is 17.2 Å². The molecular weight excluding hydrogens is 502 g/mol. The number of hydrogen-bond donors (Lipinski definition) is 9. The van der Waals surface area contributed by atoms with Crippen LogP contribution in [0, 0.1) is 0 Å². The van der Waals surface area contributed by atoms with Gasteiger partial charge in [0.15, 0.2) is 0 Å². The fourth-order valence-corrected chi connectivity index (χ4v) is 3.59. The van der Waals surface area contributed by atoms with Gasteiger partial charge in [-0.25, -0.2) is 4.79 Å². The van der Waals surface area contributed by atoms with Gasteiger partial charge in [-0.3, -0.25) is 24.0 Å². The Morgan fingerprint density at radius 2 is 1.47 bits per heavy atom. The van der Waals surface area contributed by atoms with Crippen molar-refractivity contribution in [2.24, 2.45) is 17.2 Å². The standard InChI is InChI=1S/C23H31N7O8/c24-13(10-31)20(34)29-16(7-11-9-27-14-4-2-1-3-12(11)14)21(35)30-17(8-19(26)33)22(36)28-15(23(37)38)5-6-18(25)32/h1-4,9,13,15-17,27,31H,5-8,10,24H2,(H2,25,32)(H2,26,33)(H,28,36)(H,29,34)(H,30,35)(H,37,38). The van der Waals surface area contributed by atoms with Gasteiger partial charge in [0.05, 0.1) is 13.0 Å². The van der Waals surface area contributed by atoms with Gasteiger partial charge in [-0.1, -0.05) is 18.2 Å². The summed E-state index contributed by atoms with van der Waals surface area (Å²) in [5.41, 5.74) is 17.2. The summed E-state index contributed by atoms with van der Waals surface area (Å²) < 4.78 is 0. The number of carbonyl (C=O) groups excluding carboxylic acids is 5. The molecule has 0 aliphatic rings. The molecule has 2 rings (SSSR count). The Labute approximate surface area is 216 Å². The summed E-state index contributed by atoms with van der Waals surface area (Å²) in [5.74, 6) is -6.04. The highest BCUT2D eigenvalue weighted by molar-refractivity contribution is 5.96. The molecule has 0 saturated heterocycles. The largest absolute Gasteiger partial charge is 0.480 e. The Hall–Kier alpha value is -4.50. The highest BCUT2D eigenvalue weighted by atomic mass is 16.4. The molecule has 0 aliphatic heterocycles. The normalized spacial score (nSPS) is 14.1. The summed E-state index contributed by atoms with van der Waals surface area (Å²) in [6, 6.07) is 1.38. The van der Waals surface area contributed by atoms with Gasteiger partial charge < -0.3 is 48.3 Å². The molecule has 0 saturated carbocycles. The van der Waals surface area contributed by atoms with Crippen LogP contribution in [0.1, 0.15) is 24.8 Å². The molecule has 4 atom stereocenters. The quantitative estimate of drug-likeness (QED) is 0.111. The van der Waals surface area contributed by atoms with Crippen molar-refractivity contribution in [3.05, 3.63) is 36.0 Å². The summed E-state index contributed by atoms with van der Waals surface area (Å²) >= 11 is 0. The average Bonchev–Trinajstić information content (AvgIpc) is 3.27. The first-order valence-corrected chi connectivity index (χ1v) is 11.5. The Morgan fingerprint density at radius 3 is 2.08 bits per heavy atom. The molecule has 0 spiro atoms. The van der Waals surface area contributed by atoms with E-state index in [0.29, 0.717) is 5.56 Å². The molecule has 0 fully saturated rings. The lowest BCUT2D eigenvalue weighted by molar-refractivity contribution is -0.142. The first-order chi connectivity index (χ1) is 17.9. The molecular formula is C23H31N7O8. The van der Waals surface area contributed by atoms with Crippen molar-refractivity contribution in [3.8, 4) is 0 Å². The van der Waals surface area contributed by atoms with E-state index < -0.39 is 72.7 Å². The van der Waals surface area contributed by atoms with Crippen molar-refractivity contribution in [1.29, 1.82) is 0 Å². The molecule has 0 aliphatic carbocycles. The smallest absolute Gasteiger partial charge is 0.326 e. The van der Waals surface area contributed by atoms with E-state index in [1.54, 1.807) is 30.5 Å². The zero-order chi connectivity index (χ0) is 28.4. The maximum Gasteiger partial charge on any atom is 0.326 e. The van der Waals surface area contributed by atoms with Crippen LogP contribution < -0.4 is 33.2 Å². The second-order valence-electron chi connectivity index (χ2n) is 8.55. The maximum absolute atomic E-state index is 13.2. The number of nitrogens with one attached hydrogen (secondary N) is 4. The molecule has 2 aromatic rings. The molecule has 206 valence electrons. The van der Waals surface area contributed by atoms with Crippen LogP contribution in [0.3, 0.4) is 0 Å². The summed E-state index contributed by atoms with van der Waals surface area (Å²) in [5, 5.41) is 26.2. The third-order valence-electron chi connectivity index (χ3n) is 5.60. The first-order valence-electron chi connectivity index (χ1n) is 11.5. The van der Waals surface area contributed by atoms with Crippen LogP contribution >= 0.6 is 0 Å². The number of aliphatic hydroxyl groups is 1. The third-order valence-corrected chi connectivity index (χ3v) is 5.60.